The van der Waals surface area contributed by atoms with Crippen LogP contribution in [0.25, 0.3) is 0 Å². The first-order chi connectivity index (χ1) is 24.5. The van der Waals surface area contributed by atoms with E-state index in [1.54, 1.807) is 0 Å². The molecule has 6 nitrogen and oxygen atoms in total. The molecule has 0 saturated heterocycles. The molecule has 1 unspecified atom stereocenters. The highest BCUT2D eigenvalue weighted by Gasteiger charge is 2.19. The van der Waals surface area contributed by atoms with E-state index in [0.717, 1.165) is 77.0 Å². The number of esters is 3. The van der Waals surface area contributed by atoms with Gasteiger partial charge in [-0.1, -0.05) is 173 Å². The minimum atomic E-state index is -0.767. The lowest BCUT2D eigenvalue weighted by Crippen LogP contribution is -2.30. The molecule has 1 atom stereocenters. The van der Waals surface area contributed by atoms with Crippen LogP contribution in [0.3, 0.4) is 0 Å². The van der Waals surface area contributed by atoms with Gasteiger partial charge in [0.25, 0.3) is 0 Å². The molecule has 0 saturated carbocycles. The Morgan fingerprint density at radius 3 is 1.14 bits per heavy atom. The molecule has 0 fully saturated rings. The maximum absolute atomic E-state index is 12.6. The average Bonchev–Trinajstić information content (AvgIpc) is 3.11. The van der Waals surface area contributed by atoms with Crippen LogP contribution in [0.4, 0.5) is 0 Å². The van der Waals surface area contributed by atoms with Gasteiger partial charge in [-0.05, 0) is 51.4 Å². The van der Waals surface area contributed by atoms with Crippen molar-refractivity contribution in [2.24, 2.45) is 0 Å². The van der Waals surface area contributed by atoms with Gasteiger partial charge < -0.3 is 14.2 Å². The zero-order valence-electron chi connectivity index (χ0n) is 33.2. The number of hydrogen-bond acceptors (Lipinski definition) is 6. The summed E-state index contributed by atoms with van der Waals surface area (Å²) < 4.78 is 16.6. The number of unbranched alkanes of at least 4 members (excludes halogenated alkanes) is 23. The highest BCUT2D eigenvalue weighted by Crippen LogP contribution is 2.14. The van der Waals surface area contributed by atoms with Crippen LogP contribution < -0.4 is 0 Å². The molecular formula is C44H80O6. The molecule has 0 spiro atoms. The van der Waals surface area contributed by atoms with Crippen molar-refractivity contribution in [3.63, 3.8) is 0 Å². The molecule has 292 valence electrons. The highest BCUT2D eigenvalue weighted by atomic mass is 16.6. The third kappa shape index (κ3) is 37.2. The SMILES string of the molecule is CCCCC/C=C\C/C=C\CCCCCCCC(=O)OCC(COC(=O)CCCCCCCCCC)OC(=O)CCCCCCCCCCC. The fourth-order valence-electron chi connectivity index (χ4n) is 5.94. The summed E-state index contributed by atoms with van der Waals surface area (Å²) in [4.78, 5) is 37.5. The number of carbonyl (C=O) groups is 3. The molecule has 0 aromatic rings. The van der Waals surface area contributed by atoms with E-state index < -0.39 is 6.10 Å². The third-order valence-electron chi connectivity index (χ3n) is 9.21. The molecule has 0 rings (SSSR count). The van der Waals surface area contributed by atoms with Crippen molar-refractivity contribution in [2.75, 3.05) is 13.2 Å². The maximum atomic E-state index is 12.6. The van der Waals surface area contributed by atoms with Crippen LogP contribution in [0.15, 0.2) is 24.3 Å². The highest BCUT2D eigenvalue weighted by molar-refractivity contribution is 5.71. The smallest absolute Gasteiger partial charge is 0.306 e. The van der Waals surface area contributed by atoms with Gasteiger partial charge in [0.05, 0.1) is 0 Å². The van der Waals surface area contributed by atoms with Crippen LogP contribution in [0.1, 0.15) is 220 Å². The van der Waals surface area contributed by atoms with Gasteiger partial charge in [-0.25, -0.2) is 0 Å². The van der Waals surface area contributed by atoms with Crippen molar-refractivity contribution < 1.29 is 28.6 Å². The Kier molecular flexibility index (Phi) is 38.0. The lowest BCUT2D eigenvalue weighted by Gasteiger charge is -2.18. The van der Waals surface area contributed by atoms with Gasteiger partial charge in [-0.2, -0.15) is 0 Å². The number of rotatable bonds is 38. The Morgan fingerprint density at radius 1 is 0.400 bits per heavy atom. The third-order valence-corrected chi connectivity index (χ3v) is 9.21. The number of hydrogen-bond donors (Lipinski definition) is 0. The second kappa shape index (κ2) is 39.7. The van der Waals surface area contributed by atoms with Crippen molar-refractivity contribution >= 4 is 17.9 Å². The van der Waals surface area contributed by atoms with Crippen LogP contribution in [0.5, 0.6) is 0 Å². The van der Waals surface area contributed by atoms with Gasteiger partial charge in [-0.3, -0.25) is 14.4 Å². The van der Waals surface area contributed by atoms with E-state index in [4.69, 9.17) is 14.2 Å². The zero-order valence-corrected chi connectivity index (χ0v) is 33.2. The van der Waals surface area contributed by atoms with Gasteiger partial charge >= 0.3 is 17.9 Å². The van der Waals surface area contributed by atoms with Crippen molar-refractivity contribution in [1.29, 1.82) is 0 Å². The first-order valence-corrected chi connectivity index (χ1v) is 21.3. The van der Waals surface area contributed by atoms with Crippen molar-refractivity contribution in [3.05, 3.63) is 24.3 Å². The second-order valence-corrected chi connectivity index (χ2v) is 14.3. The lowest BCUT2D eigenvalue weighted by molar-refractivity contribution is -0.167. The van der Waals surface area contributed by atoms with E-state index in [9.17, 15) is 14.4 Å². The van der Waals surface area contributed by atoms with Gasteiger partial charge in [0.15, 0.2) is 6.10 Å². The number of carbonyl (C=O) groups excluding carboxylic acids is 3. The average molecular weight is 705 g/mol. The molecular weight excluding hydrogens is 624 g/mol. The summed E-state index contributed by atoms with van der Waals surface area (Å²) in [7, 11) is 0. The molecule has 0 radical (unpaired) electrons. The standard InChI is InChI=1S/C44H80O6/c1-4-7-10-13-16-19-20-21-22-23-24-26-28-31-34-37-43(46)49-40-41(39-48-42(45)36-33-30-27-18-15-12-9-6-3)50-44(47)38-35-32-29-25-17-14-11-8-5-2/h16,19,21-22,41H,4-15,17-18,20,23-40H2,1-3H3/b19-16-,22-21-. The zero-order chi connectivity index (χ0) is 36.6. The minimum absolute atomic E-state index is 0.0731. The first-order valence-electron chi connectivity index (χ1n) is 21.3. The lowest BCUT2D eigenvalue weighted by atomic mass is 10.1. The first kappa shape index (κ1) is 47.9. The summed E-state index contributed by atoms with van der Waals surface area (Å²) in [6, 6.07) is 0. The monoisotopic (exact) mass is 705 g/mol. The summed E-state index contributed by atoms with van der Waals surface area (Å²) in [5.74, 6) is -0.893. The topological polar surface area (TPSA) is 78.9 Å². The van der Waals surface area contributed by atoms with Crippen molar-refractivity contribution in [2.45, 2.75) is 226 Å². The summed E-state index contributed by atoms with van der Waals surface area (Å²) in [5.41, 5.74) is 0. The Labute approximate surface area is 309 Å². The number of allylic oxidation sites excluding steroid dienone is 4. The molecule has 0 heterocycles. The van der Waals surface area contributed by atoms with Gasteiger partial charge in [0.1, 0.15) is 13.2 Å². The van der Waals surface area contributed by atoms with Crippen molar-refractivity contribution in [1.82, 2.24) is 0 Å². The van der Waals surface area contributed by atoms with Crippen LogP contribution in [0.2, 0.25) is 0 Å². The van der Waals surface area contributed by atoms with E-state index >= 15 is 0 Å². The second-order valence-electron chi connectivity index (χ2n) is 14.3. The van der Waals surface area contributed by atoms with Gasteiger partial charge in [-0.15, -0.1) is 0 Å². The van der Waals surface area contributed by atoms with Gasteiger partial charge in [0, 0.05) is 19.3 Å². The molecule has 0 aromatic carbocycles. The molecule has 6 heteroatoms. The molecule has 0 aliphatic rings. The molecule has 0 amide bonds. The van der Waals surface area contributed by atoms with E-state index in [0.29, 0.717) is 19.3 Å². The van der Waals surface area contributed by atoms with Crippen LogP contribution in [-0.2, 0) is 28.6 Å². The van der Waals surface area contributed by atoms with Crippen molar-refractivity contribution in [3.8, 4) is 0 Å². The molecule has 0 aliphatic heterocycles. The van der Waals surface area contributed by atoms with Gasteiger partial charge in [0.2, 0.25) is 0 Å². The quantitative estimate of drug-likeness (QED) is 0.0275. The van der Waals surface area contributed by atoms with E-state index in [2.05, 4.69) is 45.1 Å². The Morgan fingerprint density at radius 2 is 0.720 bits per heavy atom. The normalized spacial score (nSPS) is 12.1. The molecule has 0 aliphatic carbocycles. The molecule has 0 bridgehead atoms. The summed E-state index contributed by atoms with van der Waals surface area (Å²) in [5, 5.41) is 0. The Hall–Kier alpha value is -2.11. The fourth-order valence-corrected chi connectivity index (χ4v) is 5.94. The predicted molar refractivity (Wildman–Crippen MR) is 210 cm³/mol. The Balaban J connectivity index is 4.32. The summed E-state index contributed by atoms with van der Waals surface area (Å²) in [6.45, 7) is 6.54. The predicted octanol–water partition coefficient (Wildman–Crippen LogP) is 13.2. The van der Waals surface area contributed by atoms with Crippen LogP contribution >= 0.6 is 0 Å². The molecule has 0 N–H and O–H groups in total. The van der Waals surface area contributed by atoms with E-state index in [1.807, 2.05) is 0 Å². The summed E-state index contributed by atoms with van der Waals surface area (Å²) in [6.07, 6.45) is 41.6. The largest absolute Gasteiger partial charge is 0.462 e. The minimum Gasteiger partial charge on any atom is -0.462 e. The van der Waals surface area contributed by atoms with E-state index in [-0.39, 0.29) is 31.1 Å². The molecule has 50 heavy (non-hydrogen) atoms. The summed E-state index contributed by atoms with van der Waals surface area (Å²) >= 11 is 0. The Bertz CT molecular complexity index is 819. The van der Waals surface area contributed by atoms with Crippen LogP contribution in [-0.4, -0.2) is 37.2 Å². The number of ether oxygens (including phenoxy) is 3. The molecule has 0 aromatic heterocycles. The fraction of sp³-hybridized carbons (Fsp3) is 0.841. The van der Waals surface area contributed by atoms with E-state index in [1.165, 1.54) is 103 Å². The van der Waals surface area contributed by atoms with Crippen LogP contribution in [0, 0.1) is 0 Å². The maximum Gasteiger partial charge on any atom is 0.306 e.